The number of hydrogen-bond donors (Lipinski definition) is 2. The third kappa shape index (κ3) is 4.46. The first-order valence-electron chi connectivity index (χ1n) is 9.84. The molecule has 0 saturated heterocycles. The number of amides is 1. The van der Waals surface area contributed by atoms with Gasteiger partial charge in [-0.15, -0.1) is 0 Å². The number of allylic oxidation sites excluding steroid dienone is 3. The fourth-order valence-electron chi connectivity index (χ4n) is 3.67. The van der Waals surface area contributed by atoms with Crippen molar-refractivity contribution in [3.8, 4) is 11.5 Å². The summed E-state index contributed by atoms with van der Waals surface area (Å²) < 4.78 is 11.2. The van der Waals surface area contributed by atoms with E-state index in [-0.39, 0.29) is 5.91 Å². The highest BCUT2D eigenvalue weighted by Gasteiger charge is 2.35. The van der Waals surface area contributed by atoms with E-state index in [9.17, 15) is 4.79 Å². The highest BCUT2D eigenvalue weighted by molar-refractivity contribution is 6.07. The highest BCUT2D eigenvalue weighted by atomic mass is 16.5. The number of anilines is 1. The highest BCUT2D eigenvalue weighted by Crippen LogP contribution is 2.43. The first-order chi connectivity index (χ1) is 15.0. The molecule has 0 bridgehead atoms. The van der Waals surface area contributed by atoms with Gasteiger partial charge in [-0.25, -0.2) is 4.85 Å². The molecule has 31 heavy (non-hydrogen) atoms. The Morgan fingerprint density at radius 1 is 1.16 bits per heavy atom. The van der Waals surface area contributed by atoms with Gasteiger partial charge in [-0.3, -0.25) is 4.79 Å². The largest absolute Gasteiger partial charge is 0.495 e. The van der Waals surface area contributed by atoms with Gasteiger partial charge in [0, 0.05) is 17.0 Å². The van der Waals surface area contributed by atoms with Gasteiger partial charge < -0.3 is 20.1 Å². The minimum absolute atomic E-state index is 0.313. The molecule has 1 aliphatic heterocycles. The molecule has 2 N–H and O–H groups in total. The van der Waals surface area contributed by atoms with Gasteiger partial charge in [0.25, 0.3) is 5.91 Å². The molecule has 1 amide bonds. The Morgan fingerprint density at radius 3 is 2.52 bits per heavy atom. The van der Waals surface area contributed by atoms with Crippen LogP contribution in [0.1, 0.15) is 25.3 Å². The maximum Gasteiger partial charge on any atom is 0.253 e. The number of rotatable bonds is 7. The topological polar surface area (TPSA) is 64.0 Å². The molecule has 0 radical (unpaired) electrons. The molecule has 0 aliphatic carbocycles. The Hall–Kier alpha value is -3.98. The second-order valence-corrected chi connectivity index (χ2v) is 7.01. The second-order valence-electron chi connectivity index (χ2n) is 7.01. The van der Waals surface area contributed by atoms with Crippen molar-refractivity contribution in [2.24, 2.45) is 0 Å². The predicted molar refractivity (Wildman–Crippen MR) is 122 cm³/mol. The van der Waals surface area contributed by atoms with E-state index in [0.717, 1.165) is 5.56 Å². The Balaban J connectivity index is 2.10. The van der Waals surface area contributed by atoms with Crippen LogP contribution in [0.4, 0.5) is 5.69 Å². The number of benzene rings is 2. The van der Waals surface area contributed by atoms with Crippen LogP contribution in [0.3, 0.4) is 0 Å². The monoisotopic (exact) mass is 415 g/mol. The fourth-order valence-corrected chi connectivity index (χ4v) is 3.67. The van der Waals surface area contributed by atoms with Crippen LogP contribution in [-0.4, -0.2) is 19.6 Å². The van der Waals surface area contributed by atoms with Gasteiger partial charge in [0.05, 0.1) is 25.3 Å². The first-order valence-corrected chi connectivity index (χ1v) is 9.84. The molecule has 2 aromatic rings. The molecule has 0 aromatic heterocycles. The third-order valence-electron chi connectivity index (χ3n) is 5.03. The van der Waals surface area contributed by atoms with Gasteiger partial charge in [-0.1, -0.05) is 43.0 Å². The summed E-state index contributed by atoms with van der Waals surface area (Å²) in [6, 6.07) is 14.7. The van der Waals surface area contributed by atoms with Crippen molar-refractivity contribution < 1.29 is 14.3 Å². The molecule has 2 aromatic carbocycles. The molecular weight excluding hydrogens is 390 g/mol. The molecule has 158 valence electrons. The molecular formula is C25H25N3O3. The summed E-state index contributed by atoms with van der Waals surface area (Å²) >= 11 is 0. The molecule has 3 rings (SSSR count). The standard InChI is InChI=1S/C25H25N3O3/c1-6-15-31-20-13-9-7-11-18(20)23-22(16(2)27-17(3)24(23)26-4)25(29)28-19-12-8-10-14-21(19)30-5/h6-14,23,27H,1,15H2,2-3,5H3,(H,28,29). The second kappa shape index (κ2) is 9.68. The number of nitrogens with one attached hydrogen (secondary N) is 2. The normalized spacial score (nSPS) is 15.6. The van der Waals surface area contributed by atoms with E-state index in [0.29, 0.717) is 46.5 Å². The van der Waals surface area contributed by atoms with Crippen molar-refractivity contribution in [2.75, 3.05) is 19.0 Å². The molecule has 6 nitrogen and oxygen atoms in total. The minimum atomic E-state index is -0.575. The average molecular weight is 415 g/mol. The molecule has 0 fully saturated rings. The van der Waals surface area contributed by atoms with Gasteiger partial charge >= 0.3 is 0 Å². The van der Waals surface area contributed by atoms with E-state index in [1.165, 1.54) is 0 Å². The lowest BCUT2D eigenvalue weighted by atomic mass is 9.83. The SMILES string of the molecule is [C-]#[N+]C1=C(C)NC(C)=C(C(=O)Nc2ccccc2OC)C1c1ccccc1OCC=C. The van der Waals surface area contributed by atoms with Gasteiger partial charge in [-0.2, -0.15) is 0 Å². The molecule has 1 heterocycles. The van der Waals surface area contributed by atoms with Gasteiger partial charge in [0.2, 0.25) is 0 Å². The number of carbonyl (C=O) groups excluding carboxylic acids is 1. The quantitative estimate of drug-likeness (QED) is 0.493. The van der Waals surface area contributed by atoms with Crippen LogP contribution in [0.15, 0.2) is 83.9 Å². The number of para-hydroxylation sites is 3. The summed E-state index contributed by atoms with van der Waals surface area (Å²) in [5, 5.41) is 6.12. The van der Waals surface area contributed by atoms with Crippen LogP contribution in [-0.2, 0) is 4.79 Å². The van der Waals surface area contributed by atoms with E-state index in [1.54, 1.807) is 25.3 Å². The van der Waals surface area contributed by atoms with Crippen LogP contribution < -0.4 is 20.1 Å². The molecule has 1 aliphatic rings. The molecule has 0 spiro atoms. The zero-order valence-electron chi connectivity index (χ0n) is 17.9. The maximum atomic E-state index is 13.5. The van der Waals surface area contributed by atoms with E-state index < -0.39 is 5.92 Å². The molecule has 1 unspecified atom stereocenters. The fraction of sp³-hybridized carbons (Fsp3) is 0.200. The number of dihydropyridines is 1. The minimum Gasteiger partial charge on any atom is -0.495 e. The van der Waals surface area contributed by atoms with Gasteiger partial charge in [0.1, 0.15) is 18.1 Å². The van der Waals surface area contributed by atoms with E-state index >= 15 is 0 Å². The summed E-state index contributed by atoms with van der Waals surface area (Å²) in [7, 11) is 1.55. The van der Waals surface area contributed by atoms with Crippen molar-refractivity contribution in [1.82, 2.24) is 5.32 Å². The number of hydrogen-bond acceptors (Lipinski definition) is 4. The lowest BCUT2D eigenvalue weighted by Crippen LogP contribution is -2.30. The van der Waals surface area contributed by atoms with Crippen LogP contribution in [0, 0.1) is 6.57 Å². The maximum absolute atomic E-state index is 13.5. The van der Waals surface area contributed by atoms with Crippen LogP contribution in [0.2, 0.25) is 0 Å². The first kappa shape index (κ1) is 21.7. The van der Waals surface area contributed by atoms with Crippen LogP contribution >= 0.6 is 0 Å². The average Bonchev–Trinajstić information content (AvgIpc) is 2.77. The van der Waals surface area contributed by atoms with Gasteiger partial charge in [-0.05, 0) is 37.6 Å². The van der Waals surface area contributed by atoms with Crippen molar-refractivity contribution in [2.45, 2.75) is 19.8 Å². The summed E-state index contributed by atoms with van der Waals surface area (Å²) in [4.78, 5) is 17.2. The van der Waals surface area contributed by atoms with Crippen LogP contribution in [0.25, 0.3) is 4.85 Å². The van der Waals surface area contributed by atoms with Crippen LogP contribution in [0.5, 0.6) is 11.5 Å². The number of nitrogens with zero attached hydrogens (tertiary/aromatic N) is 1. The lowest BCUT2D eigenvalue weighted by molar-refractivity contribution is -0.113. The Morgan fingerprint density at radius 2 is 1.84 bits per heavy atom. The van der Waals surface area contributed by atoms with Crippen molar-refractivity contribution in [1.29, 1.82) is 0 Å². The number of ether oxygens (including phenoxy) is 2. The third-order valence-corrected chi connectivity index (χ3v) is 5.03. The van der Waals surface area contributed by atoms with Crippen molar-refractivity contribution in [3.05, 3.63) is 101 Å². The summed E-state index contributed by atoms with van der Waals surface area (Å²) in [6.07, 6.45) is 1.66. The van der Waals surface area contributed by atoms with Gasteiger partial charge in [0.15, 0.2) is 5.70 Å². The predicted octanol–water partition coefficient (Wildman–Crippen LogP) is 5.01. The molecule has 0 saturated carbocycles. The van der Waals surface area contributed by atoms with E-state index in [4.69, 9.17) is 16.0 Å². The van der Waals surface area contributed by atoms with E-state index in [2.05, 4.69) is 22.1 Å². The summed E-state index contributed by atoms with van der Waals surface area (Å²) in [6.45, 7) is 15.5. The van der Waals surface area contributed by atoms with Crippen molar-refractivity contribution in [3.63, 3.8) is 0 Å². The number of methoxy groups -OCH3 is 1. The summed E-state index contributed by atoms with van der Waals surface area (Å²) in [5.74, 6) is 0.279. The lowest BCUT2D eigenvalue weighted by Gasteiger charge is -2.30. The number of carbonyl (C=O) groups is 1. The molecule has 1 atom stereocenters. The Bertz CT molecular complexity index is 1110. The van der Waals surface area contributed by atoms with E-state index in [1.807, 2.05) is 50.2 Å². The smallest absolute Gasteiger partial charge is 0.253 e. The zero-order chi connectivity index (χ0) is 22.4. The van der Waals surface area contributed by atoms with Crippen molar-refractivity contribution >= 4 is 11.6 Å². The summed E-state index contributed by atoms with van der Waals surface area (Å²) in [5.41, 5.74) is 3.61. The zero-order valence-corrected chi connectivity index (χ0v) is 17.9. The Kier molecular flexibility index (Phi) is 6.78. The molecule has 6 heteroatoms. The Labute approximate surface area is 182 Å².